The molecule has 1 aromatic carbocycles. The lowest BCUT2D eigenvalue weighted by atomic mass is 10.0. The van der Waals surface area contributed by atoms with Crippen LogP contribution in [0.15, 0.2) is 18.2 Å². The van der Waals surface area contributed by atoms with E-state index in [4.69, 9.17) is 16.3 Å². The maximum Gasteiger partial charge on any atom is 0.124 e. The molecule has 0 amide bonds. The van der Waals surface area contributed by atoms with Crippen LogP contribution < -0.4 is 0 Å². The minimum Gasteiger partial charge on any atom is -0.376 e. The monoisotopic (exact) mass is 252 g/mol. The number of halogens is 2. The Bertz CT molecular complexity index is 568. The first-order valence-corrected chi connectivity index (χ1v) is 5.73. The summed E-state index contributed by atoms with van der Waals surface area (Å²) in [6.45, 7) is 1.22. The number of aromatic amines is 1. The van der Waals surface area contributed by atoms with Crippen molar-refractivity contribution < 1.29 is 9.13 Å². The third kappa shape index (κ3) is 1.83. The number of H-pyrrole nitrogens is 1. The minimum absolute atomic E-state index is 0.348. The Morgan fingerprint density at radius 1 is 1.41 bits per heavy atom. The van der Waals surface area contributed by atoms with E-state index >= 15 is 0 Å². The summed E-state index contributed by atoms with van der Waals surface area (Å²) in [4.78, 5) is 0. The molecule has 0 radical (unpaired) electrons. The highest BCUT2D eigenvalue weighted by Crippen LogP contribution is 2.32. The summed E-state index contributed by atoms with van der Waals surface area (Å²) >= 11 is 6.03. The van der Waals surface area contributed by atoms with Crippen molar-refractivity contribution in [2.45, 2.75) is 13.0 Å². The van der Waals surface area contributed by atoms with Gasteiger partial charge in [-0.3, -0.25) is 5.10 Å². The Hall–Kier alpha value is -1.39. The van der Waals surface area contributed by atoms with Gasteiger partial charge in [0.05, 0.1) is 23.9 Å². The molecule has 1 aromatic heterocycles. The molecule has 1 aliphatic heterocycles. The van der Waals surface area contributed by atoms with Gasteiger partial charge in [0.25, 0.3) is 0 Å². The van der Waals surface area contributed by atoms with Gasteiger partial charge in [-0.1, -0.05) is 11.6 Å². The number of aromatic nitrogens is 2. The predicted molar refractivity (Wildman–Crippen MR) is 62.4 cm³/mol. The van der Waals surface area contributed by atoms with E-state index in [2.05, 4.69) is 10.2 Å². The molecular formula is C12H10ClFN2O. The number of fused-ring (bicyclic) bond motifs is 1. The number of ether oxygens (including phenoxy) is 1. The van der Waals surface area contributed by atoms with E-state index in [1.807, 2.05) is 0 Å². The topological polar surface area (TPSA) is 37.9 Å². The summed E-state index contributed by atoms with van der Waals surface area (Å²) < 4.78 is 18.4. The Balaban J connectivity index is 2.12. The van der Waals surface area contributed by atoms with E-state index in [1.54, 1.807) is 6.07 Å². The van der Waals surface area contributed by atoms with Gasteiger partial charge in [-0.15, -0.1) is 0 Å². The summed E-state index contributed by atoms with van der Waals surface area (Å²) in [5.74, 6) is -0.348. The number of rotatable bonds is 1. The minimum atomic E-state index is -0.348. The fraction of sp³-hybridized carbons (Fsp3) is 0.250. The molecule has 1 aliphatic rings. The van der Waals surface area contributed by atoms with Crippen molar-refractivity contribution in [2.24, 2.45) is 0 Å². The number of nitrogens with one attached hydrogen (secondary N) is 1. The Labute approximate surface area is 103 Å². The molecule has 0 saturated heterocycles. The summed E-state index contributed by atoms with van der Waals surface area (Å²) in [7, 11) is 0. The Kier molecular flexibility index (Phi) is 2.61. The second-order valence-corrected chi connectivity index (χ2v) is 4.36. The van der Waals surface area contributed by atoms with Crippen LogP contribution in [0, 0.1) is 5.82 Å². The van der Waals surface area contributed by atoms with Crippen LogP contribution in [-0.4, -0.2) is 16.8 Å². The molecule has 88 valence electrons. The van der Waals surface area contributed by atoms with E-state index in [1.165, 1.54) is 12.1 Å². The van der Waals surface area contributed by atoms with Crippen molar-refractivity contribution in [1.82, 2.24) is 10.2 Å². The van der Waals surface area contributed by atoms with Crippen molar-refractivity contribution in [3.63, 3.8) is 0 Å². The van der Waals surface area contributed by atoms with Crippen LogP contribution in [0.3, 0.4) is 0 Å². The highest BCUT2D eigenvalue weighted by Gasteiger charge is 2.19. The van der Waals surface area contributed by atoms with Gasteiger partial charge in [0.15, 0.2) is 0 Å². The molecule has 0 saturated carbocycles. The van der Waals surface area contributed by atoms with Crippen LogP contribution in [0.5, 0.6) is 0 Å². The molecule has 1 N–H and O–H groups in total. The van der Waals surface area contributed by atoms with E-state index in [9.17, 15) is 4.39 Å². The normalized spacial score (nSPS) is 14.7. The van der Waals surface area contributed by atoms with Gasteiger partial charge in [-0.05, 0) is 18.2 Å². The average Bonchev–Trinajstić information content (AvgIpc) is 2.73. The van der Waals surface area contributed by atoms with Crippen molar-refractivity contribution in [1.29, 1.82) is 0 Å². The van der Waals surface area contributed by atoms with Crippen LogP contribution in [-0.2, 0) is 17.8 Å². The fourth-order valence-electron chi connectivity index (χ4n) is 2.02. The third-order valence-electron chi connectivity index (χ3n) is 2.88. The molecule has 3 nitrogen and oxygen atoms in total. The molecule has 5 heteroatoms. The van der Waals surface area contributed by atoms with Gasteiger partial charge >= 0.3 is 0 Å². The SMILES string of the molecule is Fc1ccc(-c2n[nH]c3c2COCC3)c(Cl)c1. The zero-order valence-corrected chi connectivity index (χ0v) is 9.72. The summed E-state index contributed by atoms with van der Waals surface area (Å²) in [6.07, 6.45) is 0.821. The van der Waals surface area contributed by atoms with Crippen LogP contribution in [0.4, 0.5) is 4.39 Å². The smallest absolute Gasteiger partial charge is 0.124 e. The molecule has 2 aromatic rings. The molecule has 0 bridgehead atoms. The number of hydrogen-bond acceptors (Lipinski definition) is 2. The van der Waals surface area contributed by atoms with Gasteiger partial charge < -0.3 is 4.74 Å². The van der Waals surface area contributed by atoms with E-state index < -0.39 is 0 Å². The first-order chi connectivity index (χ1) is 8.25. The average molecular weight is 253 g/mol. The molecular weight excluding hydrogens is 243 g/mol. The lowest BCUT2D eigenvalue weighted by Gasteiger charge is -2.12. The summed E-state index contributed by atoms with van der Waals surface area (Å²) in [5.41, 5.74) is 3.58. The first kappa shape index (κ1) is 10.7. The maximum atomic E-state index is 13.0. The Morgan fingerprint density at radius 2 is 2.29 bits per heavy atom. The summed E-state index contributed by atoms with van der Waals surface area (Å²) in [6, 6.07) is 4.32. The number of benzene rings is 1. The lowest BCUT2D eigenvalue weighted by Crippen LogP contribution is -2.08. The Morgan fingerprint density at radius 3 is 3.12 bits per heavy atom. The van der Waals surface area contributed by atoms with Crippen LogP contribution in [0.1, 0.15) is 11.3 Å². The van der Waals surface area contributed by atoms with Gasteiger partial charge in [0.2, 0.25) is 0 Å². The molecule has 0 aliphatic carbocycles. The van der Waals surface area contributed by atoms with Crippen LogP contribution >= 0.6 is 11.6 Å². The number of hydrogen-bond donors (Lipinski definition) is 1. The van der Waals surface area contributed by atoms with Crippen LogP contribution in [0.2, 0.25) is 5.02 Å². The highest BCUT2D eigenvalue weighted by atomic mass is 35.5. The van der Waals surface area contributed by atoms with E-state index in [0.717, 1.165) is 28.9 Å². The molecule has 0 fully saturated rings. The molecule has 0 spiro atoms. The largest absolute Gasteiger partial charge is 0.376 e. The second kappa shape index (κ2) is 4.13. The lowest BCUT2D eigenvalue weighted by molar-refractivity contribution is 0.110. The first-order valence-electron chi connectivity index (χ1n) is 5.35. The molecule has 17 heavy (non-hydrogen) atoms. The zero-order chi connectivity index (χ0) is 11.8. The predicted octanol–water partition coefficient (Wildman–Crippen LogP) is 2.94. The van der Waals surface area contributed by atoms with E-state index in [0.29, 0.717) is 18.2 Å². The second-order valence-electron chi connectivity index (χ2n) is 3.96. The van der Waals surface area contributed by atoms with Crippen LogP contribution in [0.25, 0.3) is 11.3 Å². The fourth-order valence-corrected chi connectivity index (χ4v) is 2.27. The van der Waals surface area contributed by atoms with Gasteiger partial charge in [0.1, 0.15) is 5.82 Å². The van der Waals surface area contributed by atoms with Gasteiger partial charge in [0, 0.05) is 23.2 Å². The highest BCUT2D eigenvalue weighted by molar-refractivity contribution is 6.33. The van der Waals surface area contributed by atoms with Gasteiger partial charge in [-0.2, -0.15) is 5.10 Å². The standard InChI is InChI=1S/C12H10ClFN2O/c13-10-5-7(14)1-2-8(10)12-9-6-17-4-3-11(9)15-16-12/h1-2,5H,3-4,6H2,(H,15,16). The van der Waals surface area contributed by atoms with Gasteiger partial charge in [-0.25, -0.2) is 4.39 Å². The van der Waals surface area contributed by atoms with Crippen molar-refractivity contribution >= 4 is 11.6 Å². The molecule has 3 rings (SSSR count). The quantitative estimate of drug-likeness (QED) is 0.847. The van der Waals surface area contributed by atoms with Crippen molar-refractivity contribution in [3.05, 3.63) is 40.3 Å². The molecule has 0 atom stereocenters. The van der Waals surface area contributed by atoms with E-state index in [-0.39, 0.29) is 5.82 Å². The third-order valence-corrected chi connectivity index (χ3v) is 3.19. The zero-order valence-electron chi connectivity index (χ0n) is 8.96. The van der Waals surface area contributed by atoms with Crippen molar-refractivity contribution in [2.75, 3.05) is 6.61 Å². The summed E-state index contributed by atoms with van der Waals surface area (Å²) in [5, 5.41) is 7.60. The molecule has 2 heterocycles. The van der Waals surface area contributed by atoms with Crippen molar-refractivity contribution in [3.8, 4) is 11.3 Å². The maximum absolute atomic E-state index is 13.0. The molecule has 0 unspecified atom stereocenters. The number of nitrogens with zero attached hydrogens (tertiary/aromatic N) is 1.